The normalized spacial score (nSPS) is 15.7. The zero-order valence-electron chi connectivity index (χ0n) is 11.6. The Bertz CT molecular complexity index is 500. The summed E-state index contributed by atoms with van der Waals surface area (Å²) in [5, 5.41) is 2.65. The maximum Gasteiger partial charge on any atom is 0.216 e. The van der Waals surface area contributed by atoms with Gasteiger partial charge in [0.1, 0.15) is 0 Å². The third-order valence-electron chi connectivity index (χ3n) is 2.71. The van der Waals surface area contributed by atoms with Crippen molar-refractivity contribution < 1.29 is 8.42 Å². The molecule has 110 valence electrons. The minimum atomic E-state index is -3.34. The number of hydrogen-bond donors (Lipinski definition) is 2. The summed E-state index contributed by atoms with van der Waals surface area (Å²) in [6.45, 7) is 7.94. The van der Waals surface area contributed by atoms with Crippen LogP contribution in [-0.4, -0.2) is 26.3 Å². The molecule has 0 saturated heterocycles. The predicted molar refractivity (Wildman–Crippen MR) is 82.4 cm³/mol. The molecular formula is C12H21ClN2O2S2. The average Bonchev–Trinajstić information content (AvgIpc) is 2.72. The lowest BCUT2D eigenvalue weighted by Crippen LogP contribution is -2.41. The van der Waals surface area contributed by atoms with Gasteiger partial charge < -0.3 is 5.32 Å². The van der Waals surface area contributed by atoms with Crippen molar-refractivity contribution in [1.82, 2.24) is 10.0 Å². The van der Waals surface area contributed by atoms with Crippen LogP contribution < -0.4 is 10.0 Å². The van der Waals surface area contributed by atoms with Crippen molar-refractivity contribution in [3.8, 4) is 0 Å². The molecule has 2 N–H and O–H groups in total. The van der Waals surface area contributed by atoms with Crippen molar-refractivity contribution in [1.29, 1.82) is 0 Å². The Morgan fingerprint density at radius 1 is 1.26 bits per heavy atom. The van der Waals surface area contributed by atoms with Crippen LogP contribution >= 0.6 is 22.9 Å². The second-order valence-corrected chi connectivity index (χ2v) is 8.78. The van der Waals surface area contributed by atoms with E-state index in [4.69, 9.17) is 11.6 Å². The van der Waals surface area contributed by atoms with Crippen molar-refractivity contribution in [3.05, 3.63) is 21.3 Å². The van der Waals surface area contributed by atoms with Gasteiger partial charge in [0.2, 0.25) is 10.0 Å². The molecule has 1 rings (SSSR count). The number of nitrogens with one attached hydrogen (secondary N) is 2. The highest BCUT2D eigenvalue weighted by Gasteiger charge is 2.23. The molecule has 0 aliphatic rings. The van der Waals surface area contributed by atoms with Gasteiger partial charge in [-0.1, -0.05) is 25.4 Å². The number of hydrogen-bond acceptors (Lipinski definition) is 4. The van der Waals surface area contributed by atoms with E-state index in [0.717, 1.165) is 4.88 Å². The van der Waals surface area contributed by atoms with E-state index in [1.165, 1.54) is 11.3 Å². The zero-order chi connectivity index (χ0) is 14.6. The van der Waals surface area contributed by atoms with Gasteiger partial charge in [0.25, 0.3) is 0 Å². The van der Waals surface area contributed by atoms with Gasteiger partial charge in [0.05, 0.1) is 15.6 Å². The quantitative estimate of drug-likeness (QED) is 0.811. The van der Waals surface area contributed by atoms with Crippen molar-refractivity contribution in [2.45, 2.75) is 45.0 Å². The van der Waals surface area contributed by atoms with E-state index in [9.17, 15) is 8.42 Å². The molecule has 0 amide bonds. The van der Waals surface area contributed by atoms with Gasteiger partial charge in [-0.3, -0.25) is 0 Å². The molecule has 0 radical (unpaired) electrons. The van der Waals surface area contributed by atoms with Gasteiger partial charge in [-0.05, 0) is 26.0 Å². The molecule has 1 aromatic rings. The molecule has 0 aliphatic heterocycles. The Kier molecular flexibility index (Phi) is 6.26. The van der Waals surface area contributed by atoms with Crippen molar-refractivity contribution in [2.75, 3.05) is 6.54 Å². The number of rotatable bonds is 7. The fraction of sp³-hybridized carbons (Fsp3) is 0.667. The van der Waals surface area contributed by atoms with E-state index in [1.807, 2.05) is 26.8 Å². The minimum absolute atomic E-state index is 0.260. The van der Waals surface area contributed by atoms with E-state index in [-0.39, 0.29) is 12.1 Å². The second-order valence-electron chi connectivity index (χ2n) is 4.90. The van der Waals surface area contributed by atoms with Crippen LogP contribution in [0.15, 0.2) is 12.1 Å². The fourth-order valence-corrected chi connectivity index (χ4v) is 3.80. The topological polar surface area (TPSA) is 58.2 Å². The van der Waals surface area contributed by atoms with Crippen molar-refractivity contribution >= 4 is 33.0 Å². The molecule has 0 saturated carbocycles. The maximum absolute atomic E-state index is 12.2. The molecule has 0 fully saturated rings. The maximum atomic E-state index is 12.2. The summed E-state index contributed by atoms with van der Waals surface area (Å²) >= 11 is 7.24. The first kappa shape index (κ1) is 16.9. The molecule has 7 heteroatoms. The Labute approximate surface area is 124 Å². The highest BCUT2D eigenvalue weighted by atomic mass is 35.5. The molecule has 0 bridgehead atoms. The lowest BCUT2D eigenvalue weighted by molar-refractivity contribution is 0.532. The van der Waals surface area contributed by atoms with Crippen LogP contribution in [0.5, 0.6) is 0 Å². The first-order valence-electron chi connectivity index (χ1n) is 6.22. The standard InChI is InChI=1S/C12H21ClN2O2S2/c1-8(2)14-7-9(3)19(16,17)15-10(4)11-5-6-12(13)18-11/h5-6,8-10,14-15H,7H2,1-4H3. The van der Waals surface area contributed by atoms with Gasteiger partial charge in [0, 0.05) is 17.5 Å². The molecule has 2 atom stereocenters. The fourth-order valence-electron chi connectivity index (χ4n) is 1.49. The molecule has 0 aromatic carbocycles. The van der Waals surface area contributed by atoms with Crippen molar-refractivity contribution in [3.63, 3.8) is 0 Å². The van der Waals surface area contributed by atoms with Crippen LogP contribution in [0.3, 0.4) is 0 Å². The Morgan fingerprint density at radius 3 is 2.37 bits per heavy atom. The van der Waals surface area contributed by atoms with Crippen LogP contribution in [-0.2, 0) is 10.0 Å². The molecule has 0 aliphatic carbocycles. The van der Waals surface area contributed by atoms with Crippen LogP contribution in [0.25, 0.3) is 0 Å². The van der Waals surface area contributed by atoms with E-state index in [0.29, 0.717) is 10.9 Å². The summed E-state index contributed by atoms with van der Waals surface area (Å²) < 4.78 is 27.7. The molecule has 0 spiro atoms. The summed E-state index contributed by atoms with van der Waals surface area (Å²) in [7, 11) is -3.34. The van der Waals surface area contributed by atoms with Crippen molar-refractivity contribution in [2.24, 2.45) is 0 Å². The molecule has 2 unspecified atom stereocenters. The molecule has 4 nitrogen and oxygen atoms in total. The van der Waals surface area contributed by atoms with Crippen LogP contribution in [0.4, 0.5) is 0 Å². The minimum Gasteiger partial charge on any atom is -0.313 e. The van der Waals surface area contributed by atoms with Crippen LogP contribution in [0.2, 0.25) is 4.34 Å². The number of sulfonamides is 1. The third kappa shape index (κ3) is 5.39. The smallest absolute Gasteiger partial charge is 0.216 e. The summed E-state index contributed by atoms with van der Waals surface area (Å²) in [6.07, 6.45) is 0. The highest BCUT2D eigenvalue weighted by molar-refractivity contribution is 7.90. The Hall–Kier alpha value is -0.140. The molecular weight excluding hydrogens is 304 g/mol. The second kappa shape index (κ2) is 7.04. The first-order chi connectivity index (χ1) is 8.72. The van der Waals surface area contributed by atoms with E-state index in [2.05, 4.69) is 10.0 Å². The number of halogens is 1. The summed E-state index contributed by atoms with van der Waals surface area (Å²) in [5.74, 6) is 0. The van der Waals surface area contributed by atoms with Crippen LogP contribution in [0, 0.1) is 0 Å². The van der Waals surface area contributed by atoms with Gasteiger partial charge >= 0.3 is 0 Å². The predicted octanol–water partition coefficient (Wildman–Crippen LogP) is 2.77. The molecule has 1 aromatic heterocycles. The lowest BCUT2D eigenvalue weighted by atomic mass is 10.3. The molecule has 19 heavy (non-hydrogen) atoms. The largest absolute Gasteiger partial charge is 0.313 e. The van der Waals surface area contributed by atoms with Gasteiger partial charge in [0.15, 0.2) is 0 Å². The number of thiophene rings is 1. The average molecular weight is 325 g/mol. The Morgan fingerprint density at radius 2 is 1.89 bits per heavy atom. The monoisotopic (exact) mass is 324 g/mol. The molecule has 1 heterocycles. The summed E-state index contributed by atoms with van der Waals surface area (Å²) in [5.41, 5.74) is 0. The SMILES string of the molecule is CC(C)NCC(C)S(=O)(=O)NC(C)c1ccc(Cl)s1. The highest BCUT2D eigenvalue weighted by Crippen LogP contribution is 2.27. The van der Waals surface area contributed by atoms with Gasteiger partial charge in [-0.15, -0.1) is 11.3 Å². The Balaban J connectivity index is 2.63. The van der Waals surface area contributed by atoms with Gasteiger partial charge in [-0.2, -0.15) is 0 Å². The van der Waals surface area contributed by atoms with Crippen LogP contribution in [0.1, 0.15) is 38.6 Å². The summed E-state index contributed by atoms with van der Waals surface area (Å²) in [4.78, 5) is 0.914. The zero-order valence-corrected chi connectivity index (χ0v) is 14.0. The van der Waals surface area contributed by atoms with Gasteiger partial charge in [-0.25, -0.2) is 13.1 Å². The van der Waals surface area contributed by atoms with E-state index >= 15 is 0 Å². The summed E-state index contributed by atoms with van der Waals surface area (Å²) in [6, 6.07) is 3.63. The van der Waals surface area contributed by atoms with E-state index < -0.39 is 15.3 Å². The third-order valence-corrected chi connectivity index (χ3v) is 6.03. The first-order valence-corrected chi connectivity index (χ1v) is 8.96. The lowest BCUT2D eigenvalue weighted by Gasteiger charge is -2.19. The van der Waals surface area contributed by atoms with E-state index in [1.54, 1.807) is 13.0 Å².